The summed E-state index contributed by atoms with van der Waals surface area (Å²) in [5.41, 5.74) is 0.611. The minimum absolute atomic E-state index is 0.0976. The van der Waals surface area contributed by atoms with E-state index in [2.05, 4.69) is 29.0 Å². The third-order valence-corrected chi connectivity index (χ3v) is 4.27. The van der Waals surface area contributed by atoms with Gasteiger partial charge < -0.3 is 0 Å². The number of aryl methyl sites for hydroxylation is 1. The first-order chi connectivity index (χ1) is 9.58. The highest BCUT2D eigenvalue weighted by atomic mass is 32.1. The molecule has 3 rings (SSSR count). The van der Waals surface area contributed by atoms with Gasteiger partial charge in [0.25, 0.3) is 5.56 Å². The number of benzene rings is 1. The molecule has 6 heteroatoms. The fourth-order valence-corrected chi connectivity index (χ4v) is 2.91. The van der Waals surface area contributed by atoms with E-state index in [1.54, 1.807) is 6.07 Å². The topological polar surface area (TPSA) is 60.7 Å². The van der Waals surface area contributed by atoms with Gasteiger partial charge in [0.05, 0.1) is 10.9 Å². The SMILES string of the molecule is Cc1nc2ccccc2c(=O)n1-c1nnc(C(C)C)s1. The van der Waals surface area contributed by atoms with Crippen molar-refractivity contribution in [1.29, 1.82) is 0 Å². The second-order valence-electron chi connectivity index (χ2n) is 4.89. The smallest absolute Gasteiger partial charge is 0.267 e. The van der Waals surface area contributed by atoms with Crippen LogP contribution in [0.1, 0.15) is 30.6 Å². The Hall–Kier alpha value is -2.08. The van der Waals surface area contributed by atoms with Gasteiger partial charge >= 0.3 is 0 Å². The summed E-state index contributed by atoms with van der Waals surface area (Å²) in [5, 5.41) is 10.4. The summed E-state index contributed by atoms with van der Waals surface area (Å²) in [4.78, 5) is 17.1. The predicted octanol–water partition coefficient (Wildman–Crippen LogP) is 2.67. The quantitative estimate of drug-likeness (QED) is 0.726. The normalized spacial score (nSPS) is 11.4. The molecule has 0 unspecified atom stereocenters. The van der Waals surface area contributed by atoms with Gasteiger partial charge in [-0.25, -0.2) is 9.55 Å². The molecule has 0 fully saturated rings. The van der Waals surface area contributed by atoms with Gasteiger partial charge in [0.2, 0.25) is 5.13 Å². The summed E-state index contributed by atoms with van der Waals surface area (Å²) in [6.45, 7) is 5.92. The molecule has 0 saturated heterocycles. The largest absolute Gasteiger partial charge is 0.268 e. The zero-order valence-electron chi connectivity index (χ0n) is 11.5. The maximum absolute atomic E-state index is 12.6. The summed E-state index contributed by atoms with van der Waals surface area (Å²) in [5.74, 6) is 0.922. The molecule has 0 aliphatic carbocycles. The fraction of sp³-hybridized carbons (Fsp3) is 0.286. The molecule has 1 aromatic carbocycles. The molecule has 2 aromatic heterocycles. The molecule has 0 radical (unpaired) electrons. The van der Waals surface area contributed by atoms with Crippen LogP contribution in [0.15, 0.2) is 29.1 Å². The molecule has 0 bridgehead atoms. The standard InChI is InChI=1S/C14H14N4OS/c1-8(2)12-16-17-14(20-12)18-9(3)15-11-7-5-4-6-10(11)13(18)19/h4-8H,1-3H3. The van der Waals surface area contributed by atoms with Crippen LogP contribution in [0.5, 0.6) is 0 Å². The van der Waals surface area contributed by atoms with Crippen molar-refractivity contribution in [3.05, 3.63) is 45.5 Å². The van der Waals surface area contributed by atoms with Crippen molar-refractivity contribution in [3.8, 4) is 5.13 Å². The number of nitrogens with zero attached hydrogens (tertiary/aromatic N) is 4. The first kappa shape index (κ1) is 12.9. The van der Waals surface area contributed by atoms with Gasteiger partial charge in [-0.15, -0.1) is 10.2 Å². The summed E-state index contributed by atoms with van der Waals surface area (Å²) >= 11 is 1.43. The van der Waals surface area contributed by atoms with E-state index in [4.69, 9.17) is 0 Å². The van der Waals surface area contributed by atoms with E-state index in [0.717, 1.165) is 5.01 Å². The van der Waals surface area contributed by atoms with Gasteiger partial charge in [0, 0.05) is 5.92 Å². The molecule has 0 amide bonds. The lowest BCUT2D eigenvalue weighted by Gasteiger charge is -2.06. The molecule has 0 aliphatic rings. The molecule has 0 N–H and O–H groups in total. The summed E-state index contributed by atoms with van der Waals surface area (Å²) in [6.07, 6.45) is 0. The molecule has 0 spiro atoms. The van der Waals surface area contributed by atoms with Crippen LogP contribution in [0.25, 0.3) is 16.0 Å². The van der Waals surface area contributed by atoms with Crippen molar-refractivity contribution in [2.75, 3.05) is 0 Å². The van der Waals surface area contributed by atoms with Crippen molar-refractivity contribution in [1.82, 2.24) is 19.7 Å². The van der Waals surface area contributed by atoms with E-state index in [-0.39, 0.29) is 5.56 Å². The van der Waals surface area contributed by atoms with Crippen LogP contribution in [0.2, 0.25) is 0 Å². The van der Waals surface area contributed by atoms with Crippen molar-refractivity contribution in [2.24, 2.45) is 0 Å². The van der Waals surface area contributed by atoms with Gasteiger partial charge in [-0.05, 0) is 19.1 Å². The zero-order valence-corrected chi connectivity index (χ0v) is 12.3. The average Bonchev–Trinajstić information content (AvgIpc) is 2.88. The molecule has 20 heavy (non-hydrogen) atoms. The van der Waals surface area contributed by atoms with Gasteiger partial charge in [0.15, 0.2) is 0 Å². The highest BCUT2D eigenvalue weighted by Gasteiger charge is 2.14. The molecular formula is C14H14N4OS. The van der Waals surface area contributed by atoms with E-state index < -0.39 is 0 Å². The number of rotatable bonds is 2. The summed E-state index contributed by atoms with van der Waals surface area (Å²) < 4.78 is 1.53. The highest BCUT2D eigenvalue weighted by Crippen LogP contribution is 2.22. The van der Waals surface area contributed by atoms with Crippen molar-refractivity contribution in [2.45, 2.75) is 26.7 Å². The van der Waals surface area contributed by atoms with E-state index in [1.165, 1.54) is 15.9 Å². The van der Waals surface area contributed by atoms with E-state index >= 15 is 0 Å². The molecule has 2 heterocycles. The molecule has 0 atom stereocenters. The van der Waals surface area contributed by atoms with Crippen molar-refractivity contribution >= 4 is 22.2 Å². The maximum atomic E-state index is 12.6. The Labute approximate surface area is 119 Å². The molecule has 0 saturated carbocycles. The number of hydrogen-bond donors (Lipinski definition) is 0. The minimum Gasteiger partial charge on any atom is -0.268 e. The Morgan fingerprint density at radius 2 is 1.95 bits per heavy atom. The number of para-hydroxylation sites is 1. The van der Waals surface area contributed by atoms with Gasteiger partial charge in [0.1, 0.15) is 10.8 Å². The van der Waals surface area contributed by atoms with E-state index in [0.29, 0.717) is 27.8 Å². The van der Waals surface area contributed by atoms with Gasteiger partial charge in [-0.1, -0.05) is 37.3 Å². The molecule has 5 nitrogen and oxygen atoms in total. The van der Waals surface area contributed by atoms with Crippen LogP contribution in [-0.4, -0.2) is 19.7 Å². The first-order valence-electron chi connectivity index (χ1n) is 6.40. The van der Waals surface area contributed by atoms with Crippen molar-refractivity contribution in [3.63, 3.8) is 0 Å². The van der Waals surface area contributed by atoms with Crippen LogP contribution in [0.3, 0.4) is 0 Å². The summed E-state index contributed by atoms with van der Waals surface area (Å²) in [7, 11) is 0. The third-order valence-electron chi connectivity index (χ3n) is 3.06. The first-order valence-corrected chi connectivity index (χ1v) is 7.21. The third kappa shape index (κ3) is 2.02. The second-order valence-corrected chi connectivity index (χ2v) is 5.88. The Bertz CT molecular complexity index is 835. The average molecular weight is 286 g/mol. The van der Waals surface area contributed by atoms with Crippen LogP contribution in [0.4, 0.5) is 0 Å². The molecular weight excluding hydrogens is 272 g/mol. The highest BCUT2D eigenvalue weighted by molar-refractivity contribution is 7.13. The maximum Gasteiger partial charge on any atom is 0.267 e. The van der Waals surface area contributed by atoms with Gasteiger partial charge in [-0.2, -0.15) is 0 Å². The Balaban J connectivity index is 2.27. The predicted molar refractivity (Wildman–Crippen MR) is 79.6 cm³/mol. The molecule has 0 aliphatic heterocycles. The Morgan fingerprint density at radius 1 is 1.20 bits per heavy atom. The summed E-state index contributed by atoms with van der Waals surface area (Å²) in [6, 6.07) is 7.34. The van der Waals surface area contributed by atoms with Gasteiger partial charge in [-0.3, -0.25) is 4.79 Å². The fourth-order valence-electron chi connectivity index (χ4n) is 2.02. The number of aromatic nitrogens is 4. The lowest BCUT2D eigenvalue weighted by atomic mass is 10.2. The van der Waals surface area contributed by atoms with Crippen LogP contribution in [-0.2, 0) is 0 Å². The second kappa shape index (κ2) is 4.79. The van der Waals surface area contributed by atoms with Crippen LogP contribution >= 0.6 is 11.3 Å². The van der Waals surface area contributed by atoms with E-state index in [1.807, 2.05) is 25.1 Å². The number of fused-ring (bicyclic) bond motifs is 1. The van der Waals surface area contributed by atoms with Crippen LogP contribution in [0, 0.1) is 6.92 Å². The minimum atomic E-state index is -0.0976. The Morgan fingerprint density at radius 3 is 2.65 bits per heavy atom. The Kier molecular flexibility index (Phi) is 3.10. The van der Waals surface area contributed by atoms with Crippen molar-refractivity contribution < 1.29 is 0 Å². The zero-order chi connectivity index (χ0) is 14.3. The monoisotopic (exact) mass is 286 g/mol. The lowest BCUT2D eigenvalue weighted by Crippen LogP contribution is -2.22. The lowest BCUT2D eigenvalue weighted by molar-refractivity contribution is 0.809. The molecule has 3 aromatic rings. The molecule has 102 valence electrons. The number of hydrogen-bond acceptors (Lipinski definition) is 5. The van der Waals surface area contributed by atoms with Crippen LogP contribution < -0.4 is 5.56 Å². The van der Waals surface area contributed by atoms with E-state index in [9.17, 15) is 4.79 Å².